The number of hydrogen-bond acceptors (Lipinski definition) is 2. The first-order chi connectivity index (χ1) is 10.3. The van der Waals surface area contributed by atoms with Gasteiger partial charge in [0.05, 0.1) is 0 Å². The largest absolute Gasteiger partial charge is 0.444 e. The molecule has 2 fully saturated rings. The number of amides is 1. The molecule has 1 saturated carbocycles. The van der Waals surface area contributed by atoms with Gasteiger partial charge in [0.1, 0.15) is 5.60 Å². The Morgan fingerprint density at radius 2 is 1.95 bits per heavy atom. The maximum atomic E-state index is 12.2. The van der Waals surface area contributed by atoms with Crippen LogP contribution < -0.4 is 0 Å². The second-order valence-electron chi connectivity index (χ2n) is 7.47. The standard InChI is InChI=1S/C18H24BrNO2/c1-18(2,3)22-17(21)20-9-8-14(11-20)15-10-13(12-4-5-12)6-7-16(15)19/h6-7,10,12,14H,4-5,8-9,11H2,1-3H3. The van der Waals surface area contributed by atoms with Gasteiger partial charge in [0.25, 0.3) is 0 Å². The molecule has 1 saturated heterocycles. The Morgan fingerprint density at radius 1 is 1.23 bits per heavy atom. The van der Waals surface area contributed by atoms with E-state index in [1.807, 2.05) is 25.7 Å². The van der Waals surface area contributed by atoms with E-state index in [-0.39, 0.29) is 6.09 Å². The Bertz CT molecular complexity index is 575. The number of halogens is 1. The van der Waals surface area contributed by atoms with E-state index in [1.165, 1.54) is 24.0 Å². The van der Waals surface area contributed by atoms with E-state index < -0.39 is 5.60 Å². The molecule has 3 rings (SSSR count). The predicted octanol–water partition coefficient (Wildman–Crippen LogP) is 5.05. The Labute approximate surface area is 141 Å². The third-order valence-corrected chi connectivity index (χ3v) is 5.07. The molecule has 1 heterocycles. The van der Waals surface area contributed by atoms with Crippen LogP contribution in [0.2, 0.25) is 0 Å². The van der Waals surface area contributed by atoms with E-state index in [1.54, 1.807) is 0 Å². The van der Waals surface area contributed by atoms with Gasteiger partial charge in [0.2, 0.25) is 0 Å². The summed E-state index contributed by atoms with van der Waals surface area (Å²) in [4.78, 5) is 14.0. The van der Waals surface area contributed by atoms with E-state index in [9.17, 15) is 4.79 Å². The lowest BCUT2D eigenvalue weighted by molar-refractivity contribution is 0.0292. The molecule has 1 amide bonds. The minimum atomic E-state index is -0.429. The number of nitrogens with zero attached hydrogens (tertiary/aromatic N) is 1. The molecule has 1 atom stereocenters. The van der Waals surface area contributed by atoms with E-state index in [0.29, 0.717) is 5.92 Å². The molecule has 0 N–H and O–H groups in total. The van der Waals surface area contributed by atoms with Crippen LogP contribution >= 0.6 is 15.9 Å². The van der Waals surface area contributed by atoms with E-state index in [2.05, 4.69) is 34.1 Å². The second kappa shape index (κ2) is 5.88. The molecular weight excluding hydrogens is 342 g/mol. The molecule has 4 heteroatoms. The summed E-state index contributed by atoms with van der Waals surface area (Å²) in [5, 5.41) is 0. The zero-order valence-electron chi connectivity index (χ0n) is 13.6. The molecule has 3 nitrogen and oxygen atoms in total. The maximum absolute atomic E-state index is 12.2. The van der Waals surface area contributed by atoms with Crippen molar-refractivity contribution >= 4 is 22.0 Å². The van der Waals surface area contributed by atoms with Gasteiger partial charge in [-0.25, -0.2) is 4.79 Å². The number of rotatable bonds is 2. The average Bonchev–Trinajstić information content (AvgIpc) is 3.14. The Balaban J connectivity index is 1.70. The molecule has 1 aliphatic heterocycles. The number of ether oxygens (including phenoxy) is 1. The van der Waals surface area contributed by atoms with Crippen LogP contribution in [-0.2, 0) is 4.74 Å². The van der Waals surface area contributed by atoms with Crippen LogP contribution in [0.25, 0.3) is 0 Å². The van der Waals surface area contributed by atoms with Crippen molar-refractivity contribution in [1.29, 1.82) is 0 Å². The molecule has 1 aliphatic carbocycles. The lowest BCUT2D eigenvalue weighted by Crippen LogP contribution is -2.35. The molecule has 1 aromatic rings. The monoisotopic (exact) mass is 365 g/mol. The minimum absolute atomic E-state index is 0.190. The fourth-order valence-electron chi connectivity index (χ4n) is 3.05. The average molecular weight is 366 g/mol. The van der Waals surface area contributed by atoms with Crippen LogP contribution in [-0.4, -0.2) is 29.7 Å². The van der Waals surface area contributed by atoms with Crippen molar-refractivity contribution in [3.8, 4) is 0 Å². The first-order valence-electron chi connectivity index (χ1n) is 8.11. The van der Waals surface area contributed by atoms with Crippen LogP contribution in [0.1, 0.15) is 63.0 Å². The summed E-state index contributed by atoms with van der Waals surface area (Å²) in [7, 11) is 0. The zero-order valence-corrected chi connectivity index (χ0v) is 15.1. The van der Waals surface area contributed by atoms with Crippen molar-refractivity contribution in [3.05, 3.63) is 33.8 Å². The summed E-state index contributed by atoms with van der Waals surface area (Å²) in [5.41, 5.74) is 2.37. The van der Waals surface area contributed by atoms with E-state index in [0.717, 1.165) is 29.9 Å². The van der Waals surface area contributed by atoms with Crippen molar-refractivity contribution in [2.45, 2.75) is 57.5 Å². The molecule has 1 aromatic carbocycles. The normalized spacial score (nSPS) is 22.0. The molecular formula is C18H24BrNO2. The number of carbonyl (C=O) groups is 1. The Kier molecular flexibility index (Phi) is 4.23. The van der Waals surface area contributed by atoms with Crippen LogP contribution in [0.5, 0.6) is 0 Å². The highest BCUT2D eigenvalue weighted by Crippen LogP contribution is 2.43. The summed E-state index contributed by atoms with van der Waals surface area (Å²) >= 11 is 3.68. The molecule has 0 bridgehead atoms. The number of carbonyl (C=O) groups excluding carboxylic acids is 1. The van der Waals surface area contributed by atoms with Gasteiger partial charge in [-0.1, -0.05) is 28.1 Å². The summed E-state index contributed by atoms with van der Waals surface area (Å²) in [6.07, 6.45) is 3.45. The summed E-state index contributed by atoms with van der Waals surface area (Å²) < 4.78 is 6.64. The molecule has 1 unspecified atom stereocenters. The fourth-order valence-corrected chi connectivity index (χ4v) is 3.62. The highest BCUT2D eigenvalue weighted by atomic mass is 79.9. The van der Waals surface area contributed by atoms with Crippen molar-refractivity contribution in [3.63, 3.8) is 0 Å². The summed E-state index contributed by atoms with van der Waals surface area (Å²) in [6.45, 7) is 7.26. The van der Waals surface area contributed by atoms with Crippen molar-refractivity contribution in [2.24, 2.45) is 0 Å². The summed E-state index contributed by atoms with van der Waals surface area (Å²) in [5.74, 6) is 1.16. The third kappa shape index (κ3) is 3.65. The molecule has 0 aromatic heterocycles. The number of likely N-dealkylation sites (tertiary alicyclic amines) is 1. The third-order valence-electron chi connectivity index (χ3n) is 4.35. The van der Waals surface area contributed by atoms with Gasteiger partial charge in [0.15, 0.2) is 0 Å². The minimum Gasteiger partial charge on any atom is -0.444 e. The van der Waals surface area contributed by atoms with Crippen LogP contribution in [0.4, 0.5) is 4.79 Å². The highest BCUT2D eigenvalue weighted by molar-refractivity contribution is 9.10. The molecule has 22 heavy (non-hydrogen) atoms. The second-order valence-corrected chi connectivity index (χ2v) is 8.32. The molecule has 2 aliphatic rings. The predicted molar refractivity (Wildman–Crippen MR) is 91.3 cm³/mol. The van der Waals surface area contributed by atoms with Gasteiger partial charge in [-0.05, 0) is 63.1 Å². The smallest absolute Gasteiger partial charge is 0.410 e. The Morgan fingerprint density at radius 3 is 2.59 bits per heavy atom. The number of benzene rings is 1. The van der Waals surface area contributed by atoms with Crippen molar-refractivity contribution in [2.75, 3.05) is 13.1 Å². The van der Waals surface area contributed by atoms with Gasteiger partial charge < -0.3 is 9.64 Å². The number of hydrogen-bond donors (Lipinski definition) is 0. The van der Waals surface area contributed by atoms with Crippen molar-refractivity contribution in [1.82, 2.24) is 4.90 Å². The van der Waals surface area contributed by atoms with Gasteiger partial charge in [-0.15, -0.1) is 0 Å². The molecule has 120 valence electrons. The molecule has 0 radical (unpaired) electrons. The van der Waals surface area contributed by atoms with Crippen LogP contribution in [0.15, 0.2) is 22.7 Å². The Hall–Kier alpha value is -1.03. The highest BCUT2D eigenvalue weighted by Gasteiger charge is 2.32. The van der Waals surface area contributed by atoms with E-state index in [4.69, 9.17) is 4.74 Å². The van der Waals surface area contributed by atoms with Crippen LogP contribution in [0.3, 0.4) is 0 Å². The van der Waals surface area contributed by atoms with Gasteiger partial charge in [-0.2, -0.15) is 0 Å². The maximum Gasteiger partial charge on any atom is 0.410 e. The SMILES string of the molecule is CC(C)(C)OC(=O)N1CCC(c2cc(C3CC3)ccc2Br)C1. The first-order valence-corrected chi connectivity index (χ1v) is 8.90. The lowest BCUT2D eigenvalue weighted by atomic mass is 9.95. The first kappa shape index (κ1) is 15.9. The topological polar surface area (TPSA) is 29.5 Å². The summed E-state index contributed by atoms with van der Waals surface area (Å²) in [6, 6.07) is 6.73. The van der Waals surface area contributed by atoms with Gasteiger partial charge in [0, 0.05) is 23.5 Å². The zero-order chi connectivity index (χ0) is 15.9. The van der Waals surface area contributed by atoms with Gasteiger partial charge >= 0.3 is 6.09 Å². The van der Waals surface area contributed by atoms with Crippen LogP contribution in [0, 0.1) is 0 Å². The molecule has 0 spiro atoms. The lowest BCUT2D eigenvalue weighted by Gasteiger charge is -2.24. The fraction of sp³-hybridized carbons (Fsp3) is 0.611. The quantitative estimate of drug-likeness (QED) is 0.733. The van der Waals surface area contributed by atoms with Crippen molar-refractivity contribution < 1.29 is 9.53 Å². The van der Waals surface area contributed by atoms with E-state index >= 15 is 0 Å². The van der Waals surface area contributed by atoms with Gasteiger partial charge in [-0.3, -0.25) is 0 Å².